The van der Waals surface area contributed by atoms with Crippen LogP contribution < -0.4 is 9.64 Å². The van der Waals surface area contributed by atoms with Gasteiger partial charge in [0.25, 0.3) is 0 Å². The number of H-pyrrole nitrogens is 1. The largest absolute Gasteiger partial charge is 0.497 e. The van der Waals surface area contributed by atoms with Gasteiger partial charge in [-0.05, 0) is 25.1 Å². The Hall–Kier alpha value is -2.05. The highest BCUT2D eigenvalue weighted by Crippen LogP contribution is 2.36. The Bertz CT molecular complexity index is 834. The number of methoxy groups -OCH3 is 1. The molecule has 1 aromatic carbocycles. The summed E-state index contributed by atoms with van der Waals surface area (Å²) in [5.74, 6) is 0.862. The van der Waals surface area contributed by atoms with Crippen LogP contribution in [0.1, 0.15) is 5.69 Å². The molecular formula is C17H19N3O2S. The number of aromatic nitrogens is 2. The third-order valence-corrected chi connectivity index (χ3v) is 5.12. The molecule has 0 spiro atoms. The molecule has 0 radical (unpaired) electrons. The number of ether oxygens (including phenoxy) is 2. The van der Waals surface area contributed by atoms with E-state index in [0.717, 1.165) is 65.0 Å². The lowest BCUT2D eigenvalue weighted by molar-refractivity contribution is 0.122. The van der Waals surface area contributed by atoms with E-state index in [2.05, 4.69) is 34.3 Å². The summed E-state index contributed by atoms with van der Waals surface area (Å²) in [7, 11) is 1.69. The van der Waals surface area contributed by atoms with Gasteiger partial charge in [-0.2, -0.15) is 0 Å². The van der Waals surface area contributed by atoms with Crippen LogP contribution in [0.2, 0.25) is 0 Å². The Morgan fingerprint density at radius 2 is 2.13 bits per heavy atom. The number of thiazole rings is 1. The van der Waals surface area contributed by atoms with Gasteiger partial charge in [-0.25, -0.2) is 4.98 Å². The molecule has 4 rings (SSSR count). The number of benzene rings is 1. The van der Waals surface area contributed by atoms with Crippen molar-refractivity contribution in [2.45, 2.75) is 6.92 Å². The van der Waals surface area contributed by atoms with E-state index in [-0.39, 0.29) is 0 Å². The number of rotatable bonds is 3. The molecule has 1 saturated heterocycles. The lowest BCUT2D eigenvalue weighted by Gasteiger charge is -2.26. The molecule has 3 aromatic rings. The second-order valence-electron chi connectivity index (χ2n) is 5.65. The molecule has 5 nitrogen and oxygen atoms in total. The highest BCUT2D eigenvalue weighted by Gasteiger charge is 2.18. The average molecular weight is 329 g/mol. The van der Waals surface area contributed by atoms with E-state index >= 15 is 0 Å². The van der Waals surface area contributed by atoms with E-state index in [4.69, 9.17) is 14.5 Å². The van der Waals surface area contributed by atoms with Gasteiger partial charge in [0, 0.05) is 40.6 Å². The summed E-state index contributed by atoms with van der Waals surface area (Å²) in [5, 5.41) is 4.36. The molecule has 1 aliphatic rings. The number of anilines is 1. The standard InChI is InChI=1S/C17H19N3O2S/c1-11-16(13-9-12(21-2)3-4-14(13)18-11)15-10-23-17(19-15)20-5-7-22-8-6-20/h3-4,9-10,18H,5-8H2,1-2H3. The molecule has 0 bridgehead atoms. The molecule has 23 heavy (non-hydrogen) atoms. The summed E-state index contributed by atoms with van der Waals surface area (Å²) in [6, 6.07) is 6.10. The van der Waals surface area contributed by atoms with Crippen molar-refractivity contribution < 1.29 is 9.47 Å². The maximum atomic E-state index is 5.42. The first kappa shape index (κ1) is 14.5. The number of morpholine rings is 1. The molecule has 1 N–H and O–H groups in total. The van der Waals surface area contributed by atoms with Crippen LogP contribution in [-0.4, -0.2) is 43.4 Å². The van der Waals surface area contributed by atoms with Crippen LogP contribution in [-0.2, 0) is 4.74 Å². The van der Waals surface area contributed by atoms with E-state index in [0.29, 0.717) is 0 Å². The van der Waals surface area contributed by atoms with Crippen LogP contribution in [0, 0.1) is 6.92 Å². The van der Waals surface area contributed by atoms with Gasteiger partial charge >= 0.3 is 0 Å². The molecule has 2 aromatic heterocycles. The summed E-state index contributed by atoms with van der Waals surface area (Å²) in [6.07, 6.45) is 0. The van der Waals surface area contributed by atoms with Gasteiger partial charge in [0.05, 0.1) is 26.0 Å². The van der Waals surface area contributed by atoms with Crippen molar-refractivity contribution in [3.8, 4) is 17.0 Å². The summed E-state index contributed by atoms with van der Waals surface area (Å²) in [4.78, 5) is 10.6. The minimum atomic E-state index is 0.776. The fourth-order valence-corrected chi connectivity index (χ4v) is 3.91. The predicted molar refractivity (Wildman–Crippen MR) is 93.7 cm³/mol. The molecule has 120 valence electrons. The third kappa shape index (κ3) is 2.58. The number of hydrogen-bond donors (Lipinski definition) is 1. The van der Waals surface area contributed by atoms with E-state index in [1.54, 1.807) is 18.4 Å². The Kier molecular flexibility index (Phi) is 3.71. The first-order chi connectivity index (χ1) is 11.3. The van der Waals surface area contributed by atoms with Crippen LogP contribution in [0.15, 0.2) is 23.6 Å². The van der Waals surface area contributed by atoms with Crippen molar-refractivity contribution in [2.75, 3.05) is 38.3 Å². The molecule has 1 aliphatic heterocycles. The Labute approximate surface area is 138 Å². The quantitative estimate of drug-likeness (QED) is 0.800. The summed E-state index contributed by atoms with van der Waals surface area (Å²) < 4.78 is 10.8. The van der Waals surface area contributed by atoms with Gasteiger partial charge in [0.15, 0.2) is 5.13 Å². The first-order valence-corrected chi connectivity index (χ1v) is 8.59. The van der Waals surface area contributed by atoms with E-state index < -0.39 is 0 Å². The summed E-state index contributed by atoms with van der Waals surface area (Å²) >= 11 is 1.70. The predicted octanol–water partition coefficient (Wildman–Crippen LogP) is 3.45. The molecule has 0 saturated carbocycles. The molecule has 1 fully saturated rings. The Morgan fingerprint density at radius 1 is 1.30 bits per heavy atom. The van der Waals surface area contributed by atoms with Crippen LogP contribution >= 0.6 is 11.3 Å². The van der Waals surface area contributed by atoms with Gasteiger partial charge in [-0.15, -0.1) is 11.3 Å². The third-order valence-electron chi connectivity index (χ3n) is 4.22. The first-order valence-electron chi connectivity index (χ1n) is 7.71. The van der Waals surface area contributed by atoms with Crippen molar-refractivity contribution in [3.05, 3.63) is 29.3 Å². The van der Waals surface area contributed by atoms with E-state index in [9.17, 15) is 0 Å². The van der Waals surface area contributed by atoms with Crippen molar-refractivity contribution in [2.24, 2.45) is 0 Å². The summed E-state index contributed by atoms with van der Waals surface area (Å²) in [5.41, 5.74) is 4.43. The van der Waals surface area contributed by atoms with Gasteiger partial charge in [0.1, 0.15) is 5.75 Å². The van der Waals surface area contributed by atoms with Crippen molar-refractivity contribution in [1.82, 2.24) is 9.97 Å². The lowest BCUT2D eigenvalue weighted by Crippen LogP contribution is -2.36. The Morgan fingerprint density at radius 3 is 2.91 bits per heavy atom. The topological polar surface area (TPSA) is 50.4 Å². The highest BCUT2D eigenvalue weighted by molar-refractivity contribution is 7.14. The second kappa shape index (κ2) is 5.86. The molecule has 6 heteroatoms. The zero-order valence-corrected chi connectivity index (χ0v) is 14.1. The number of aryl methyl sites for hydroxylation is 1. The van der Waals surface area contributed by atoms with Crippen molar-refractivity contribution in [3.63, 3.8) is 0 Å². The molecule has 0 unspecified atom stereocenters. The second-order valence-corrected chi connectivity index (χ2v) is 6.49. The molecule has 3 heterocycles. The average Bonchev–Trinajstić information content (AvgIpc) is 3.18. The van der Waals surface area contributed by atoms with Gasteiger partial charge in [0.2, 0.25) is 0 Å². The Balaban J connectivity index is 1.76. The van der Waals surface area contributed by atoms with Crippen LogP contribution in [0.4, 0.5) is 5.13 Å². The minimum absolute atomic E-state index is 0.776. The molecular weight excluding hydrogens is 310 g/mol. The van der Waals surface area contributed by atoms with Crippen LogP contribution in [0.25, 0.3) is 22.2 Å². The van der Waals surface area contributed by atoms with Gasteiger partial charge in [-0.3, -0.25) is 0 Å². The summed E-state index contributed by atoms with van der Waals surface area (Å²) in [6.45, 7) is 5.47. The normalized spacial score (nSPS) is 15.3. The smallest absolute Gasteiger partial charge is 0.186 e. The van der Waals surface area contributed by atoms with Crippen molar-refractivity contribution >= 4 is 27.4 Å². The van der Waals surface area contributed by atoms with Gasteiger partial charge < -0.3 is 19.4 Å². The number of fused-ring (bicyclic) bond motifs is 1. The maximum absolute atomic E-state index is 5.42. The number of nitrogens with zero attached hydrogens (tertiary/aromatic N) is 2. The van der Waals surface area contributed by atoms with Crippen LogP contribution in [0.3, 0.4) is 0 Å². The molecule has 0 atom stereocenters. The lowest BCUT2D eigenvalue weighted by atomic mass is 10.1. The number of nitrogens with one attached hydrogen (secondary N) is 1. The van der Waals surface area contributed by atoms with Crippen LogP contribution in [0.5, 0.6) is 5.75 Å². The SMILES string of the molecule is COc1ccc2[nH]c(C)c(-c3csc(N4CCOCC4)n3)c2c1. The number of hydrogen-bond acceptors (Lipinski definition) is 5. The zero-order chi connectivity index (χ0) is 15.8. The minimum Gasteiger partial charge on any atom is -0.497 e. The maximum Gasteiger partial charge on any atom is 0.186 e. The van der Waals surface area contributed by atoms with E-state index in [1.807, 2.05) is 6.07 Å². The number of aromatic amines is 1. The molecule has 0 aliphatic carbocycles. The zero-order valence-electron chi connectivity index (χ0n) is 13.3. The fourth-order valence-electron chi connectivity index (χ4n) is 3.04. The van der Waals surface area contributed by atoms with E-state index in [1.165, 1.54) is 0 Å². The monoisotopic (exact) mass is 329 g/mol. The molecule has 0 amide bonds. The van der Waals surface area contributed by atoms with Crippen molar-refractivity contribution in [1.29, 1.82) is 0 Å². The van der Waals surface area contributed by atoms with Gasteiger partial charge in [-0.1, -0.05) is 0 Å². The fraction of sp³-hybridized carbons (Fsp3) is 0.353. The highest BCUT2D eigenvalue weighted by atomic mass is 32.1.